The minimum Gasteiger partial charge on any atom is -0.355 e. The van der Waals surface area contributed by atoms with E-state index in [1.807, 2.05) is 6.92 Å². The highest BCUT2D eigenvalue weighted by atomic mass is 14.7. The summed E-state index contributed by atoms with van der Waals surface area (Å²) in [7, 11) is 0. The lowest BCUT2D eigenvalue weighted by Gasteiger charge is -1.91. The summed E-state index contributed by atoms with van der Waals surface area (Å²) in [5.74, 6) is 0. The van der Waals surface area contributed by atoms with Gasteiger partial charge in [-0.15, -0.1) is 0 Å². The van der Waals surface area contributed by atoms with E-state index < -0.39 is 0 Å². The first-order chi connectivity index (χ1) is 6.22. The number of benzene rings is 1. The zero-order valence-corrected chi connectivity index (χ0v) is 8.02. The zero-order valence-electron chi connectivity index (χ0n) is 8.02. The van der Waals surface area contributed by atoms with Crippen molar-refractivity contribution in [2.45, 2.75) is 13.8 Å². The number of hydrogen-bond acceptors (Lipinski definition) is 0. The third kappa shape index (κ3) is 1.17. The highest BCUT2D eigenvalue weighted by molar-refractivity contribution is 5.81. The van der Waals surface area contributed by atoms with Crippen molar-refractivity contribution in [2.24, 2.45) is 0 Å². The van der Waals surface area contributed by atoms with Crippen LogP contribution in [-0.2, 0) is 0 Å². The largest absolute Gasteiger partial charge is 0.355 e. The van der Waals surface area contributed by atoms with Gasteiger partial charge in [0.2, 0.25) is 0 Å². The minimum absolute atomic E-state index is 1.00. The zero-order chi connectivity index (χ0) is 9.42. The molecule has 2 rings (SSSR count). The number of fused-ring (bicyclic) bond motifs is 1. The van der Waals surface area contributed by atoms with Gasteiger partial charge < -0.3 is 4.98 Å². The van der Waals surface area contributed by atoms with Crippen LogP contribution in [0.5, 0.6) is 0 Å². The molecule has 0 saturated carbocycles. The van der Waals surface area contributed by atoms with E-state index in [4.69, 9.17) is 0 Å². The van der Waals surface area contributed by atoms with E-state index in [0.717, 1.165) is 5.35 Å². The maximum Gasteiger partial charge on any atom is 0.0464 e. The molecule has 0 spiro atoms. The second-order valence-corrected chi connectivity index (χ2v) is 3.35. The molecule has 1 heterocycles. The molecule has 1 aromatic carbocycles. The van der Waals surface area contributed by atoms with Crippen LogP contribution >= 0.6 is 0 Å². The first-order valence-electron chi connectivity index (χ1n) is 4.46. The Bertz CT molecular complexity index is 546. The van der Waals surface area contributed by atoms with Gasteiger partial charge in [-0.25, -0.2) is 0 Å². The molecule has 0 aliphatic heterocycles. The van der Waals surface area contributed by atoms with Gasteiger partial charge in [-0.3, -0.25) is 0 Å². The molecule has 0 fully saturated rings. The van der Waals surface area contributed by atoms with E-state index in [0.29, 0.717) is 0 Å². The topological polar surface area (TPSA) is 15.8 Å². The van der Waals surface area contributed by atoms with Crippen LogP contribution in [0.15, 0.2) is 18.2 Å². The molecule has 0 aliphatic carbocycles. The van der Waals surface area contributed by atoms with Crippen LogP contribution in [0.1, 0.15) is 12.5 Å². The molecule has 1 heteroatoms. The molecule has 0 amide bonds. The summed E-state index contributed by atoms with van der Waals surface area (Å²) in [6.45, 7) is 8.12. The van der Waals surface area contributed by atoms with Gasteiger partial charge in [0.05, 0.1) is 0 Å². The predicted molar refractivity (Wildman–Crippen MR) is 57.9 cm³/mol. The van der Waals surface area contributed by atoms with Gasteiger partial charge in [-0.05, 0) is 26.0 Å². The van der Waals surface area contributed by atoms with Gasteiger partial charge in [0.15, 0.2) is 0 Å². The lowest BCUT2D eigenvalue weighted by molar-refractivity contribution is 1.37. The third-order valence-corrected chi connectivity index (χ3v) is 2.36. The summed E-state index contributed by atoms with van der Waals surface area (Å²) in [6.07, 6.45) is 2.10. The summed E-state index contributed by atoms with van der Waals surface area (Å²) >= 11 is 0. The molecule has 0 bridgehead atoms. The molecular weight excluding hydrogens is 158 g/mol. The standard InChI is InChI=1S/C12H13N/c1-4-10-9(3)13-12-6-5-8(2)7-11(10)12/h4-7,13H,3H2,1-2H3/b10-4+. The van der Waals surface area contributed by atoms with Crippen molar-refractivity contribution in [2.75, 3.05) is 0 Å². The fourth-order valence-electron chi connectivity index (χ4n) is 1.71. The van der Waals surface area contributed by atoms with Crippen LogP contribution in [0, 0.1) is 6.92 Å². The van der Waals surface area contributed by atoms with Crippen LogP contribution in [0.3, 0.4) is 0 Å². The molecule has 0 aliphatic rings. The minimum atomic E-state index is 1.00. The molecule has 1 N–H and O–H groups in total. The molecule has 13 heavy (non-hydrogen) atoms. The van der Waals surface area contributed by atoms with E-state index in [-0.39, 0.29) is 0 Å². The van der Waals surface area contributed by atoms with E-state index in [1.54, 1.807) is 0 Å². The van der Waals surface area contributed by atoms with Crippen LogP contribution in [-0.4, -0.2) is 4.98 Å². The normalized spacial score (nSPS) is 12.6. The monoisotopic (exact) mass is 171 g/mol. The highest BCUT2D eigenvalue weighted by Crippen LogP contribution is 2.07. The van der Waals surface area contributed by atoms with Gasteiger partial charge in [0, 0.05) is 21.5 Å². The lowest BCUT2D eigenvalue weighted by Crippen LogP contribution is -2.19. The number of H-pyrrole nitrogens is 1. The molecule has 0 radical (unpaired) electrons. The van der Waals surface area contributed by atoms with Gasteiger partial charge in [0.25, 0.3) is 0 Å². The fourth-order valence-corrected chi connectivity index (χ4v) is 1.71. The molecule has 1 aromatic heterocycles. The van der Waals surface area contributed by atoms with E-state index in [9.17, 15) is 0 Å². The number of rotatable bonds is 0. The molecule has 2 aromatic rings. The number of aromatic nitrogens is 1. The van der Waals surface area contributed by atoms with Gasteiger partial charge >= 0.3 is 0 Å². The second-order valence-electron chi connectivity index (χ2n) is 3.35. The Morgan fingerprint density at radius 3 is 2.85 bits per heavy atom. The first kappa shape index (κ1) is 8.11. The first-order valence-corrected chi connectivity index (χ1v) is 4.46. The van der Waals surface area contributed by atoms with Crippen molar-refractivity contribution in [1.29, 1.82) is 0 Å². The smallest absolute Gasteiger partial charge is 0.0464 e. The maximum absolute atomic E-state index is 3.97. The number of aromatic amines is 1. The van der Waals surface area contributed by atoms with Crippen molar-refractivity contribution in [3.8, 4) is 0 Å². The second kappa shape index (κ2) is 2.77. The van der Waals surface area contributed by atoms with E-state index in [1.165, 1.54) is 21.7 Å². The van der Waals surface area contributed by atoms with Crippen LogP contribution in [0.2, 0.25) is 0 Å². The summed E-state index contributed by atoms with van der Waals surface area (Å²) in [5, 5.41) is 3.49. The Labute approximate surface area is 77.4 Å². The van der Waals surface area contributed by atoms with Crippen molar-refractivity contribution >= 4 is 23.6 Å². The van der Waals surface area contributed by atoms with E-state index >= 15 is 0 Å². The van der Waals surface area contributed by atoms with Crippen LogP contribution in [0.4, 0.5) is 0 Å². The summed E-state index contributed by atoms with van der Waals surface area (Å²) in [5.41, 5.74) is 2.46. The van der Waals surface area contributed by atoms with Gasteiger partial charge in [-0.1, -0.05) is 24.3 Å². The summed E-state index contributed by atoms with van der Waals surface area (Å²) in [6, 6.07) is 6.40. The number of hydrogen-bond donors (Lipinski definition) is 1. The van der Waals surface area contributed by atoms with Crippen LogP contribution < -0.4 is 10.6 Å². The molecule has 0 atom stereocenters. The fraction of sp³-hybridized carbons (Fsp3) is 0.167. The van der Waals surface area contributed by atoms with Crippen molar-refractivity contribution < 1.29 is 0 Å². The molecular formula is C12H13N. The average molecular weight is 171 g/mol. The van der Waals surface area contributed by atoms with Gasteiger partial charge in [-0.2, -0.15) is 0 Å². The van der Waals surface area contributed by atoms with Crippen molar-refractivity contribution in [3.63, 3.8) is 0 Å². The van der Waals surface area contributed by atoms with Gasteiger partial charge in [0.1, 0.15) is 0 Å². The molecule has 0 unspecified atom stereocenters. The van der Waals surface area contributed by atoms with Crippen molar-refractivity contribution in [1.82, 2.24) is 4.98 Å². The molecule has 66 valence electrons. The summed E-state index contributed by atoms with van der Waals surface area (Å²) < 4.78 is 0. The number of aryl methyl sites for hydroxylation is 1. The molecule has 0 saturated heterocycles. The SMILES string of the molecule is C=c1[nH]c2ccc(C)cc2/c1=C/C. The average Bonchev–Trinajstić information content (AvgIpc) is 2.40. The Balaban J connectivity index is 3.07. The maximum atomic E-state index is 3.97. The lowest BCUT2D eigenvalue weighted by atomic mass is 10.1. The highest BCUT2D eigenvalue weighted by Gasteiger charge is 1.97. The Morgan fingerprint density at radius 1 is 1.38 bits per heavy atom. The quantitative estimate of drug-likeness (QED) is 0.621. The van der Waals surface area contributed by atoms with Crippen LogP contribution in [0.25, 0.3) is 23.6 Å². The Hall–Kier alpha value is -1.50. The Kier molecular flexibility index (Phi) is 1.73. The predicted octanol–water partition coefficient (Wildman–Crippen LogP) is 1.69. The number of nitrogens with one attached hydrogen (secondary N) is 1. The Morgan fingerprint density at radius 2 is 2.15 bits per heavy atom. The molecule has 1 nitrogen and oxygen atoms in total. The van der Waals surface area contributed by atoms with Crippen molar-refractivity contribution in [3.05, 3.63) is 34.3 Å². The van der Waals surface area contributed by atoms with E-state index in [2.05, 4.69) is 42.8 Å². The summed E-state index contributed by atoms with van der Waals surface area (Å²) in [4.78, 5) is 3.26. The third-order valence-electron chi connectivity index (χ3n) is 2.36.